The van der Waals surface area contributed by atoms with E-state index in [4.69, 9.17) is 4.74 Å². The predicted molar refractivity (Wildman–Crippen MR) is 49.8 cm³/mol. The van der Waals surface area contributed by atoms with Crippen molar-refractivity contribution in [1.82, 2.24) is 4.90 Å². The molecule has 1 rings (SSSR count). The fourth-order valence-corrected chi connectivity index (χ4v) is 1.06. The van der Waals surface area contributed by atoms with Crippen LogP contribution in [-0.4, -0.2) is 37.7 Å². The largest absolute Gasteiger partial charge is 0.379 e. The van der Waals surface area contributed by atoms with Gasteiger partial charge in [0.1, 0.15) is 0 Å². The quantitative estimate of drug-likeness (QED) is 0.535. The topological polar surface area (TPSA) is 12.5 Å². The number of morpholine rings is 1. The fourth-order valence-electron chi connectivity index (χ4n) is 1.06. The van der Waals surface area contributed by atoms with Gasteiger partial charge in [-0.05, 0) is 12.5 Å². The van der Waals surface area contributed by atoms with Crippen LogP contribution in [0, 0.1) is 11.8 Å². The molecular formula is C10H15NO. The van der Waals surface area contributed by atoms with Crippen LogP contribution < -0.4 is 0 Å². The molecule has 0 unspecified atom stereocenters. The summed E-state index contributed by atoms with van der Waals surface area (Å²) in [6.07, 6.45) is 0. The molecule has 0 spiro atoms. The predicted octanol–water partition coefficient (Wildman–Crippen LogP) is 0.898. The molecule has 0 aromatic heterocycles. The zero-order valence-electron chi connectivity index (χ0n) is 7.60. The van der Waals surface area contributed by atoms with Gasteiger partial charge in [-0.25, -0.2) is 0 Å². The fraction of sp³-hybridized carbons (Fsp3) is 0.600. The Morgan fingerprint density at radius 3 is 2.75 bits per heavy atom. The molecule has 1 heterocycles. The van der Waals surface area contributed by atoms with Gasteiger partial charge in [-0.15, -0.1) is 0 Å². The average molecular weight is 165 g/mol. The van der Waals surface area contributed by atoms with Gasteiger partial charge in [-0.2, -0.15) is 0 Å². The van der Waals surface area contributed by atoms with E-state index in [1.54, 1.807) is 0 Å². The lowest BCUT2D eigenvalue weighted by Crippen LogP contribution is -2.36. The maximum Gasteiger partial charge on any atom is 0.0606 e. The molecule has 0 aliphatic carbocycles. The van der Waals surface area contributed by atoms with Crippen molar-refractivity contribution in [3.05, 3.63) is 12.2 Å². The van der Waals surface area contributed by atoms with Crippen molar-refractivity contribution in [2.75, 3.05) is 32.8 Å². The molecule has 2 nitrogen and oxygen atoms in total. The molecule has 0 N–H and O–H groups in total. The lowest BCUT2D eigenvalue weighted by atomic mass is 10.3. The Kier molecular flexibility index (Phi) is 3.86. The van der Waals surface area contributed by atoms with Crippen LogP contribution in [-0.2, 0) is 4.74 Å². The van der Waals surface area contributed by atoms with E-state index in [1.807, 2.05) is 6.92 Å². The smallest absolute Gasteiger partial charge is 0.0606 e. The molecule has 0 amide bonds. The Labute approximate surface area is 74.2 Å². The van der Waals surface area contributed by atoms with Crippen LogP contribution in [0.25, 0.3) is 0 Å². The number of hydrogen-bond acceptors (Lipinski definition) is 2. The summed E-state index contributed by atoms with van der Waals surface area (Å²) in [7, 11) is 0. The number of ether oxygens (including phenoxy) is 1. The normalized spacial score (nSPS) is 18.1. The summed E-state index contributed by atoms with van der Waals surface area (Å²) in [5.41, 5.74) is 0.934. The summed E-state index contributed by atoms with van der Waals surface area (Å²) >= 11 is 0. The summed E-state index contributed by atoms with van der Waals surface area (Å²) in [5.74, 6) is 6.04. The van der Waals surface area contributed by atoms with Crippen molar-refractivity contribution in [2.24, 2.45) is 0 Å². The molecule has 0 atom stereocenters. The van der Waals surface area contributed by atoms with Crippen molar-refractivity contribution in [1.29, 1.82) is 0 Å². The van der Waals surface area contributed by atoms with Crippen LogP contribution in [0.2, 0.25) is 0 Å². The summed E-state index contributed by atoms with van der Waals surface area (Å²) in [5, 5.41) is 0. The van der Waals surface area contributed by atoms with E-state index >= 15 is 0 Å². The van der Waals surface area contributed by atoms with Crippen molar-refractivity contribution in [2.45, 2.75) is 6.92 Å². The number of hydrogen-bond donors (Lipinski definition) is 0. The van der Waals surface area contributed by atoms with Crippen molar-refractivity contribution in [3.63, 3.8) is 0 Å². The minimum atomic E-state index is 0.842. The third kappa shape index (κ3) is 3.56. The molecule has 0 saturated carbocycles. The molecule has 2 heteroatoms. The second kappa shape index (κ2) is 4.97. The van der Waals surface area contributed by atoms with E-state index in [2.05, 4.69) is 23.3 Å². The van der Waals surface area contributed by atoms with Crippen molar-refractivity contribution >= 4 is 0 Å². The van der Waals surface area contributed by atoms with Gasteiger partial charge in [0, 0.05) is 13.1 Å². The van der Waals surface area contributed by atoms with Gasteiger partial charge in [0.25, 0.3) is 0 Å². The second-order valence-electron chi connectivity index (χ2n) is 2.97. The molecule has 1 saturated heterocycles. The minimum absolute atomic E-state index is 0.842. The monoisotopic (exact) mass is 165 g/mol. The highest BCUT2D eigenvalue weighted by molar-refractivity contribution is 5.23. The van der Waals surface area contributed by atoms with Gasteiger partial charge in [0.15, 0.2) is 0 Å². The lowest BCUT2D eigenvalue weighted by molar-refractivity contribution is 0.0443. The van der Waals surface area contributed by atoms with E-state index in [1.165, 1.54) is 0 Å². The van der Waals surface area contributed by atoms with E-state index in [0.29, 0.717) is 0 Å². The van der Waals surface area contributed by atoms with Crippen molar-refractivity contribution < 1.29 is 4.74 Å². The Balaban J connectivity index is 2.22. The molecule has 0 aromatic rings. The Hall–Kier alpha value is -0.780. The third-order valence-corrected chi connectivity index (χ3v) is 1.71. The Bertz CT molecular complexity index is 206. The molecule has 0 bridgehead atoms. The van der Waals surface area contributed by atoms with Crippen LogP contribution in [0.3, 0.4) is 0 Å². The first-order valence-corrected chi connectivity index (χ1v) is 4.23. The molecular weight excluding hydrogens is 150 g/mol. The molecule has 12 heavy (non-hydrogen) atoms. The van der Waals surface area contributed by atoms with Crippen LogP contribution in [0.4, 0.5) is 0 Å². The van der Waals surface area contributed by atoms with E-state index < -0.39 is 0 Å². The maximum absolute atomic E-state index is 5.22. The zero-order valence-corrected chi connectivity index (χ0v) is 7.60. The summed E-state index contributed by atoms with van der Waals surface area (Å²) < 4.78 is 5.22. The standard InChI is InChI=1S/C10H15NO/c1-10(2)4-3-5-11-6-8-12-9-7-11/h1,5-9H2,2H3. The van der Waals surface area contributed by atoms with Gasteiger partial charge in [0.2, 0.25) is 0 Å². The highest BCUT2D eigenvalue weighted by atomic mass is 16.5. The van der Waals surface area contributed by atoms with E-state index in [0.717, 1.165) is 38.4 Å². The highest BCUT2D eigenvalue weighted by Gasteiger charge is 2.07. The molecule has 1 aliphatic rings. The van der Waals surface area contributed by atoms with Gasteiger partial charge in [0.05, 0.1) is 19.8 Å². The van der Waals surface area contributed by atoms with Crippen LogP contribution in [0.15, 0.2) is 12.2 Å². The molecule has 1 aliphatic heterocycles. The first-order valence-electron chi connectivity index (χ1n) is 4.23. The third-order valence-electron chi connectivity index (χ3n) is 1.71. The Morgan fingerprint density at radius 1 is 1.50 bits per heavy atom. The number of nitrogens with zero attached hydrogens (tertiary/aromatic N) is 1. The highest BCUT2D eigenvalue weighted by Crippen LogP contribution is 1.94. The van der Waals surface area contributed by atoms with Gasteiger partial charge in [-0.1, -0.05) is 18.4 Å². The average Bonchev–Trinajstić information content (AvgIpc) is 2.05. The Morgan fingerprint density at radius 2 is 2.17 bits per heavy atom. The van der Waals surface area contributed by atoms with Crippen LogP contribution in [0.1, 0.15) is 6.92 Å². The zero-order chi connectivity index (χ0) is 8.81. The summed E-state index contributed by atoms with van der Waals surface area (Å²) in [4.78, 5) is 2.29. The molecule has 1 fully saturated rings. The SMILES string of the molecule is C=C(C)C#CCN1CCOCC1. The lowest BCUT2D eigenvalue weighted by Gasteiger charge is -2.24. The summed E-state index contributed by atoms with van der Waals surface area (Å²) in [6.45, 7) is 10.2. The van der Waals surface area contributed by atoms with E-state index in [-0.39, 0.29) is 0 Å². The molecule has 0 radical (unpaired) electrons. The first kappa shape index (κ1) is 9.31. The van der Waals surface area contributed by atoms with Gasteiger partial charge >= 0.3 is 0 Å². The van der Waals surface area contributed by atoms with Gasteiger partial charge in [-0.3, -0.25) is 4.90 Å². The van der Waals surface area contributed by atoms with Gasteiger partial charge < -0.3 is 4.74 Å². The van der Waals surface area contributed by atoms with Crippen molar-refractivity contribution in [3.8, 4) is 11.8 Å². The second-order valence-corrected chi connectivity index (χ2v) is 2.97. The number of allylic oxidation sites excluding steroid dienone is 1. The molecule has 0 aromatic carbocycles. The van der Waals surface area contributed by atoms with Crippen LogP contribution in [0.5, 0.6) is 0 Å². The van der Waals surface area contributed by atoms with Crippen LogP contribution >= 0.6 is 0 Å². The first-order chi connectivity index (χ1) is 5.79. The summed E-state index contributed by atoms with van der Waals surface area (Å²) in [6, 6.07) is 0. The number of rotatable bonds is 1. The maximum atomic E-state index is 5.22. The molecule has 66 valence electrons. The van der Waals surface area contributed by atoms with E-state index in [9.17, 15) is 0 Å². The minimum Gasteiger partial charge on any atom is -0.379 e.